The fraction of sp³-hybridized carbons (Fsp3) is 0.190. The van der Waals surface area contributed by atoms with Gasteiger partial charge in [-0.15, -0.1) is 5.73 Å². The van der Waals surface area contributed by atoms with Gasteiger partial charge >= 0.3 is 5.97 Å². The van der Waals surface area contributed by atoms with Gasteiger partial charge in [-0.25, -0.2) is 4.79 Å². The first-order valence-electron chi connectivity index (χ1n) is 8.63. The Labute approximate surface area is 161 Å². The summed E-state index contributed by atoms with van der Waals surface area (Å²) in [7, 11) is 1.69. The molecule has 0 saturated heterocycles. The van der Waals surface area contributed by atoms with Crippen molar-refractivity contribution in [3.63, 3.8) is 0 Å². The molecule has 7 heteroatoms. The summed E-state index contributed by atoms with van der Waals surface area (Å²) in [6.07, 6.45) is 5.63. The van der Waals surface area contributed by atoms with E-state index in [1.54, 1.807) is 42.9 Å². The second-order valence-electron chi connectivity index (χ2n) is 6.15. The van der Waals surface area contributed by atoms with Gasteiger partial charge < -0.3 is 9.30 Å². The van der Waals surface area contributed by atoms with Gasteiger partial charge in [-0.3, -0.25) is 10.1 Å². The van der Waals surface area contributed by atoms with Crippen LogP contribution in [0.25, 0.3) is 11.1 Å². The third kappa shape index (κ3) is 3.50. The number of nitro benzene ring substituents is 1. The highest BCUT2D eigenvalue weighted by Crippen LogP contribution is 2.32. The lowest BCUT2D eigenvalue weighted by atomic mass is 9.93. The van der Waals surface area contributed by atoms with E-state index in [0.717, 1.165) is 5.57 Å². The molecule has 0 fully saturated rings. The average molecular weight is 375 g/mol. The number of hydrogen-bond acceptors (Lipinski definition) is 5. The molecule has 1 aliphatic rings. The minimum Gasteiger partial charge on any atom is -0.461 e. The number of non-ortho nitro benzene ring substituents is 1. The number of carbonyl (C=O) groups excluding carboxylic acids is 1. The van der Waals surface area contributed by atoms with E-state index in [0.29, 0.717) is 34.4 Å². The van der Waals surface area contributed by atoms with Gasteiger partial charge in [0, 0.05) is 36.5 Å². The number of ether oxygens (including phenoxy) is 1. The number of nitro groups is 1. The van der Waals surface area contributed by atoms with Crippen LogP contribution in [-0.2, 0) is 11.8 Å². The normalized spacial score (nSPS) is 12.8. The van der Waals surface area contributed by atoms with E-state index < -0.39 is 10.9 Å². The zero-order chi connectivity index (χ0) is 20.3. The predicted octanol–water partition coefficient (Wildman–Crippen LogP) is 4.01. The molecular formula is C21H17N3O4. The van der Waals surface area contributed by atoms with Gasteiger partial charge in [0.05, 0.1) is 17.1 Å². The first kappa shape index (κ1) is 18.9. The number of aromatic nitrogens is 1. The average Bonchev–Trinajstić information content (AvgIpc) is 3.04. The third-order valence-electron chi connectivity index (χ3n) is 4.39. The van der Waals surface area contributed by atoms with E-state index in [4.69, 9.17) is 4.74 Å². The van der Waals surface area contributed by atoms with Crippen molar-refractivity contribution in [3.8, 4) is 6.07 Å². The molecule has 0 aliphatic heterocycles. The molecule has 0 spiro atoms. The highest BCUT2D eigenvalue weighted by atomic mass is 16.6. The molecule has 1 heterocycles. The smallest absolute Gasteiger partial charge is 0.355 e. The van der Waals surface area contributed by atoms with Crippen molar-refractivity contribution in [2.24, 2.45) is 7.05 Å². The topological polar surface area (TPSA) is 98.2 Å². The Bertz CT molecular complexity index is 1110. The van der Waals surface area contributed by atoms with Gasteiger partial charge in [-0.2, -0.15) is 5.26 Å². The predicted molar refractivity (Wildman–Crippen MR) is 103 cm³/mol. The summed E-state index contributed by atoms with van der Waals surface area (Å²) in [5, 5.41) is 20.4. The molecule has 3 rings (SSSR count). The number of esters is 1. The van der Waals surface area contributed by atoms with Crippen LogP contribution < -0.4 is 0 Å². The zero-order valence-corrected chi connectivity index (χ0v) is 15.4. The van der Waals surface area contributed by atoms with Crippen LogP contribution in [0, 0.1) is 21.4 Å². The molecule has 1 aliphatic carbocycles. The molecule has 28 heavy (non-hydrogen) atoms. The fourth-order valence-electron chi connectivity index (χ4n) is 3.13. The highest BCUT2D eigenvalue weighted by molar-refractivity contribution is 5.96. The molecule has 0 N–H and O–H groups in total. The van der Waals surface area contributed by atoms with Gasteiger partial charge in [0.2, 0.25) is 0 Å². The van der Waals surface area contributed by atoms with E-state index in [1.165, 1.54) is 12.1 Å². The molecule has 0 unspecified atom stereocenters. The number of nitrogens with zero attached hydrogens (tertiary/aromatic N) is 3. The van der Waals surface area contributed by atoms with Crippen LogP contribution in [0.1, 0.15) is 40.5 Å². The zero-order valence-electron chi connectivity index (χ0n) is 15.4. The van der Waals surface area contributed by atoms with Crippen LogP contribution >= 0.6 is 0 Å². The van der Waals surface area contributed by atoms with Crippen LogP contribution in [0.15, 0.2) is 48.3 Å². The van der Waals surface area contributed by atoms with E-state index in [-0.39, 0.29) is 12.3 Å². The molecular weight excluding hydrogens is 358 g/mol. The third-order valence-corrected chi connectivity index (χ3v) is 4.39. The Morgan fingerprint density at radius 1 is 1.46 bits per heavy atom. The molecule has 0 bridgehead atoms. The number of rotatable bonds is 5. The van der Waals surface area contributed by atoms with Gasteiger partial charge in [0.15, 0.2) is 0 Å². The lowest BCUT2D eigenvalue weighted by molar-refractivity contribution is -0.384. The van der Waals surface area contributed by atoms with Crippen LogP contribution in [0.4, 0.5) is 5.69 Å². The first-order valence-corrected chi connectivity index (χ1v) is 8.63. The van der Waals surface area contributed by atoms with Gasteiger partial charge in [-0.1, -0.05) is 18.2 Å². The molecule has 1 aromatic carbocycles. The van der Waals surface area contributed by atoms with Crippen molar-refractivity contribution in [2.45, 2.75) is 13.3 Å². The maximum atomic E-state index is 12.4. The molecule has 0 amide bonds. The lowest BCUT2D eigenvalue weighted by Gasteiger charge is -2.11. The van der Waals surface area contributed by atoms with Gasteiger partial charge in [0.1, 0.15) is 11.8 Å². The summed E-state index contributed by atoms with van der Waals surface area (Å²) in [6, 6.07) is 8.47. The molecule has 0 atom stereocenters. The summed E-state index contributed by atoms with van der Waals surface area (Å²) in [5.74, 6) is -0.496. The monoisotopic (exact) mass is 375 g/mol. The van der Waals surface area contributed by atoms with Crippen molar-refractivity contribution in [1.82, 2.24) is 4.57 Å². The summed E-state index contributed by atoms with van der Waals surface area (Å²) in [4.78, 5) is 22.9. The molecule has 7 nitrogen and oxygen atoms in total. The number of allylic oxidation sites excluding steroid dienone is 3. The Morgan fingerprint density at radius 3 is 2.86 bits per heavy atom. The van der Waals surface area contributed by atoms with E-state index in [1.807, 2.05) is 6.08 Å². The second-order valence-corrected chi connectivity index (χ2v) is 6.15. The van der Waals surface area contributed by atoms with Crippen LogP contribution in [0.5, 0.6) is 0 Å². The fourth-order valence-corrected chi connectivity index (χ4v) is 3.13. The summed E-state index contributed by atoms with van der Waals surface area (Å²) >= 11 is 0. The highest BCUT2D eigenvalue weighted by Gasteiger charge is 2.24. The van der Waals surface area contributed by atoms with Crippen molar-refractivity contribution in [1.29, 1.82) is 5.26 Å². The number of carbonyl (C=O) groups is 1. The summed E-state index contributed by atoms with van der Waals surface area (Å²) < 4.78 is 6.71. The Balaban J connectivity index is 2.03. The Hall–Kier alpha value is -3.88. The standard InChI is InChI=1S/C21H17N3O4/c1-3-28-21(25)20-19(17(12-22)13-23(20)2)15-9-7-14(8-10-15)16-5-4-6-18(11-16)24(26)27/h4-8,11,13H,3,9H2,1-2H3. The molecule has 2 aromatic rings. The van der Waals surface area contributed by atoms with Crippen LogP contribution in [0.3, 0.4) is 0 Å². The number of benzene rings is 1. The lowest BCUT2D eigenvalue weighted by Crippen LogP contribution is -2.12. The maximum absolute atomic E-state index is 12.4. The van der Waals surface area contributed by atoms with Gasteiger partial charge in [0.25, 0.3) is 5.69 Å². The SMILES string of the molecule is CCOC(=O)c1c(C2=C=CC(c3cccc([N+](=O)[O-])c3)=CC2)c(C#N)cn1C. The minimum absolute atomic E-state index is 0.0148. The summed E-state index contributed by atoms with van der Waals surface area (Å²) in [5.41, 5.74) is 6.53. The molecule has 1 aromatic heterocycles. The number of aryl methyl sites for hydroxylation is 1. The van der Waals surface area contributed by atoms with E-state index >= 15 is 0 Å². The van der Waals surface area contributed by atoms with Crippen molar-refractivity contribution < 1.29 is 14.5 Å². The largest absolute Gasteiger partial charge is 0.461 e. The van der Waals surface area contributed by atoms with Crippen LogP contribution in [-0.4, -0.2) is 22.1 Å². The van der Waals surface area contributed by atoms with Crippen LogP contribution in [0.2, 0.25) is 0 Å². The Morgan fingerprint density at radius 2 is 2.25 bits per heavy atom. The van der Waals surface area contributed by atoms with Gasteiger partial charge in [-0.05, 0) is 30.6 Å². The van der Waals surface area contributed by atoms with E-state index in [2.05, 4.69) is 11.8 Å². The molecule has 0 radical (unpaired) electrons. The summed E-state index contributed by atoms with van der Waals surface area (Å²) in [6.45, 7) is 1.95. The molecule has 0 saturated carbocycles. The first-order chi connectivity index (χ1) is 13.5. The van der Waals surface area contributed by atoms with Crippen molar-refractivity contribution in [2.75, 3.05) is 6.61 Å². The number of hydrogen-bond donors (Lipinski definition) is 0. The number of nitriles is 1. The van der Waals surface area contributed by atoms with E-state index in [9.17, 15) is 20.2 Å². The maximum Gasteiger partial charge on any atom is 0.355 e. The van der Waals surface area contributed by atoms with Crippen molar-refractivity contribution >= 4 is 22.8 Å². The Kier molecular flexibility index (Phi) is 5.25. The minimum atomic E-state index is -0.496. The molecule has 140 valence electrons. The van der Waals surface area contributed by atoms with Crippen molar-refractivity contribution in [3.05, 3.63) is 80.8 Å². The quantitative estimate of drug-likeness (QED) is 0.340. The second kappa shape index (κ2) is 7.78.